The fraction of sp³-hybridized carbons (Fsp3) is 0.350. The van der Waals surface area contributed by atoms with E-state index in [1.54, 1.807) is 6.07 Å². The Morgan fingerprint density at radius 3 is 2.74 bits per heavy atom. The summed E-state index contributed by atoms with van der Waals surface area (Å²) in [7, 11) is 0. The van der Waals surface area contributed by atoms with E-state index in [-0.39, 0.29) is 5.82 Å². The van der Waals surface area contributed by atoms with Gasteiger partial charge in [-0.05, 0) is 49.5 Å². The number of hydrogen-bond donors (Lipinski definition) is 0. The minimum Gasteiger partial charge on any atom is -0.289 e. The van der Waals surface area contributed by atoms with Gasteiger partial charge in [-0.2, -0.15) is 0 Å². The monoisotopic (exact) mass is 308 g/mol. The Morgan fingerprint density at radius 1 is 1.13 bits per heavy atom. The van der Waals surface area contributed by atoms with Gasteiger partial charge in [-0.1, -0.05) is 36.4 Å². The first kappa shape index (κ1) is 14.6. The molecule has 1 aromatic carbocycles. The molecule has 2 unspecified atom stereocenters. The van der Waals surface area contributed by atoms with Crippen molar-refractivity contribution in [2.24, 2.45) is 0 Å². The minimum atomic E-state index is -0.197. The number of benzene rings is 1. The van der Waals surface area contributed by atoms with Gasteiger partial charge >= 0.3 is 0 Å². The van der Waals surface area contributed by atoms with Crippen molar-refractivity contribution in [3.63, 3.8) is 0 Å². The Labute approximate surface area is 136 Å². The lowest BCUT2D eigenvalue weighted by molar-refractivity contribution is 0.203. The molecule has 0 saturated carbocycles. The summed E-state index contributed by atoms with van der Waals surface area (Å²) in [5.41, 5.74) is 3.87. The van der Waals surface area contributed by atoms with Crippen molar-refractivity contribution in [1.29, 1.82) is 0 Å². The zero-order chi connectivity index (χ0) is 15.8. The van der Waals surface area contributed by atoms with Gasteiger partial charge in [-0.15, -0.1) is 0 Å². The molecular weight excluding hydrogens is 287 g/mol. The van der Waals surface area contributed by atoms with Crippen LogP contribution in [-0.2, 0) is 6.54 Å². The molecule has 118 valence electrons. The van der Waals surface area contributed by atoms with Gasteiger partial charge in [-0.25, -0.2) is 4.39 Å². The molecule has 2 nitrogen and oxygen atoms in total. The molecule has 1 saturated heterocycles. The van der Waals surface area contributed by atoms with Gasteiger partial charge in [0, 0.05) is 24.3 Å². The second-order valence-corrected chi connectivity index (χ2v) is 6.64. The van der Waals surface area contributed by atoms with Crippen LogP contribution >= 0.6 is 0 Å². The van der Waals surface area contributed by atoms with Crippen molar-refractivity contribution >= 4 is 5.57 Å². The molecule has 3 heteroatoms. The lowest BCUT2D eigenvalue weighted by Crippen LogP contribution is -2.37. The molecule has 2 aromatic rings. The summed E-state index contributed by atoms with van der Waals surface area (Å²) in [4.78, 5) is 7.00. The number of pyridine rings is 1. The zero-order valence-electron chi connectivity index (χ0n) is 13.4. The third-order valence-electron chi connectivity index (χ3n) is 5.04. The summed E-state index contributed by atoms with van der Waals surface area (Å²) < 4.78 is 14.2. The van der Waals surface area contributed by atoms with E-state index >= 15 is 0 Å². The van der Waals surface area contributed by atoms with E-state index in [1.807, 2.05) is 6.92 Å². The SMILES string of the molecule is Cc1ccc(F)c(C2=CC3CCC(C2)N3Cc2ccccc2)n1. The molecule has 0 N–H and O–H groups in total. The highest BCUT2D eigenvalue weighted by Gasteiger charge is 2.37. The largest absolute Gasteiger partial charge is 0.289 e. The third kappa shape index (κ3) is 2.81. The Balaban J connectivity index is 1.60. The molecule has 2 bridgehead atoms. The van der Waals surface area contributed by atoms with Gasteiger partial charge in [0.2, 0.25) is 0 Å². The van der Waals surface area contributed by atoms with Crippen LogP contribution in [0.15, 0.2) is 48.5 Å². The van der Waals surface area contributed by atoms with E-state index in [4.69, 9.17) is 0 Å². The highest BCUT2D eigenvalue weighted by molar-refractivity contribution is 5.66. The second-order valence-electron chi connectivity index (χ2n) is 6.64. The molecule has 0 radical (unpaired) electrons. The standard InChI is InChI=1S/C20H21FN2/c1-14-7-10-19(21)20(22-14)16-11-17-8-9-18(12-16)23(17)13-15-5-3-2-4-6-15/h2-7,10-11,17-18H,8-9,12-13H2,1H3. The molecule has 0 spiro atoms. The minimum absolute atomic E-state index is 0.197. The smallest absolute Gasteiger partial charge is 0.149 e. The van der Waals surface area contributed by atoms with E-state index in [1.165, 1.54) is 18.1 Å². The highest BCUT2D eigenvalue weighted by atomic mass is 19.1. The maximum absolute atomic E-state index is 14.2. The number of fused-ring (bicyclic) bond motifs is 2. The van der Waals surface area contributed by atoms with Crippen LogP contribution in [0.5, 0.6) is 0 Å². The van der Waals surface area contributed by atoms with Gasteiger partial charge in [0.25, 0.3) is 0 Å². The molecule has 3 heterocycles. The Kier molecular flexibility index (Phi) is 3.74. The second kappa shape index (κ2) is 5.89. The molecular formula is C20H21FN2. The predicted molar refractivity (Wildman–Crippen MR) is 90.3 cm³/mol. The van der Waals surface area contributed by atoms with Gasteiger partial charge in [-0.3, -0.25) is 9.88 Å². The quantitative estimate of drug-likeness (QED) is 0.838. The fourth-order valence-electron chi connectivity index (χ4n) is 3.90. The number of nitrogens with zero attached hydrogens (tertiary/aromatic N) is 2. The van der Waals surface area contributed by atoms with Crippen LogP contribution in [0.3, 0.4) is 0 Å². The molecule has 23 heavy (non-hydrogen) atoms. The Hall–Kier alpha value is -2.00. The summed E-state index contributed by atoms with van der Waals surface area (Å²) in [5, 5.41) is 0. The normalized spacial score (nSPS) is 23.8. The van der Waals surface area contributed by atoms with Crippen molar-refractivity contribution in [3.05, 3.63) is 71.3 Å². The first-order valence-corrected chi connectivity index (χ1v) is 8.34. The molecule has 1 aromatic heterocycles. The van der Waals surface area contributed by atoms with Crippen LogP contribution in [0, 0.1) is 12.7 Å². The first-order chi connectivity index (χ1) is 11.2. The van der Waals surface area contributed by atoms with Crippen LogP contribution in [-0.4, -0.2) is 22.0 Å². The number of halogens is 1. The summed E-state index contributed by atoms with van der Waals surface area (Å²) in [6.07, 6.45) is 5.49. The fourth-order valence-corrected chi connectivity index (χ4v) is 3.90. The lowest BCUT2D eigenvalue weighted by Gasteiger charge is -2.34. The number of aromatic nitrogens is 1. The van der Waals surface area contributed by atoms with Crippen molar-refractivity contribution in [1.82, 2.24) is 9.88 Å². The molecule has 2 aliphatic rings. The molecule has 2 atom stereocenters. The summed E-state index contributed by atoms with van der Waals surface area (Å²) >= 11 is 0. The summed E-state index contributed by atoms with van der Waals surface area (Å²) in [6, 6.07) is 14.8. The molecule has 4 rings (SSSR count). The number of aryl methyl sites for hydroxylation is 1. The molecule has 0 aliphatic carbocycles. The Morgan fingerprint density at radius 2 is 1.96 bits per heavy atom. The van der Waals surface area contributed by atoms with Gasteiger partial charge in [0.05, 0.1) is 0 Å². The maximum Gasteiger partial charge on any atom is 0.149 e. The van der Waals surface area contributed by atoms with Crippen LogP contribution in [0.2, 0.25) is 0 Å². The maximum atomic E-state index is 14.2. The third-order valence-corrected chi connectivity index (χ3v) is 5.04. The van der Waals surface area contributed by atoms with Crippen LogP contribution in [0.1, 0.15) is 36.2 Å². The molecule has 0 amide bonds. The van der Waals surface area contributed by atoms with Gasteiger partial charge < -0.3 is 0 Å². The van der Waals surface area contributed by atoms with Crippen LogP contribution in [0.25, 0.3) is 5.57 Å². The molecule has 2 aliphatic heterocycles. The number of hydrogen-bond acceptors (Lipinski definition) is 2. The average molecular weight is 308 g/mol. The van der Waals surface area contributed by atoms with E-state index in [9.17, 15) is 4.39 Å². The van der Waals surface area contributed by atoms with Crippen molar-refractivity contribution in [2.45, 2.75) is 44.8 Å². The van der Waals surface area contributed by atoms with E-state index in [0.717, 1.165) is 30.7 Å². The average Bonchev–Trinajstić information content (AvgIpc) is 2.80. The zero-order valence-corrected chi connectivity index (χ0v) is 13.4. The topological polar surface area (TPSA) is 16.1 Å². The van der Waals surface area contributed by atoms with Crippen molar-refractivity contribution in [2.75, 3.05) is 0 Å². The number of rotatable bonds is 3. The summed E-state index contributed by atoms with van der Waals surface area (Å²) in [6.45, 7) is 2.90. The van der Waals surface area contributed by atoms with Crippen LogP contribution in [0.4, 0.5) is 4.39 Å². The van der Waals surface area contributed by atoms with Gasteiger partial charge in [0.15, 0.2) is 0 Å². The van der Waals surface area contributed by atoms with Gasteiger partial charge in [0.1, 0.15) is 11.5 Å². The van der Waals surface area contributed by atoms with Crippen LogP contribution < -0.4 is 0 Å². The van der Waals surface area contributed by atoms with Crippen molar-refractivity contribution in [3.8, 4) is 0 Å². The lowest BCUT2D eigenvalue weighted by atomic mass is 9.97. The first-order valence-electron chi connectivity index (χ1n) is 8.34. The van der Waals surface area contributed by atoms with E-state index < -0.39 is 0 Å². The Bertz CT molecular complexity index is 739. The predicted octanol–water partition coefficient (Wildman–Crippen LogP) is 4.35. The highest BCUT2D eigenvalue weighted by Crippen LogP contribution is 2.39. The molecule has 1 fully saturated rings. The van der Waals surface area contributed by atoms with E-state index in [0.29, 0.717) is 17.8 Å². The van der Waals surface area contributed by atoms with Crippen molar-refractivity contribution < 1.29 is 4.39 Å². The van der Waals surface area contributed by atoms with E-state index in [2.05, 4.69) is 46.3 Å². The summed E-state index contributed by atoms with van der Waals surface area (Å²) in [5.74, 6) is -0.197.